The Labute approximate surface area is 81.3 Å². The highest BCUT2D eigenvalue weighted by molar-refractivity contribution is 5.86. The minimum Gasteiger partial charge on any atom is -0.306 e. The van der Waals surface area contributed by atoms with E-state index in [1.165, 1.54) is 6.42 Å². The first-order chi connectivity index (χ1) is 5.91. The second-order valence-corrected chi connectivity index (χ2v) is 5.22. The fraction of sp³-hybridized carbons (Fsp3) is 0.909. The maximum atomic E-state index is 11.9. The Morgan fingerprint density at radius 2 is 2.00 bits per heavy atom. The molecule has 1 rings (SSSR count). The van der Waals surface area contributed by atoms with Crippen LogP contribution in [0.2, 0.25) is 0 Å². The van der Waals surface area contributed by atoms with Crippen molar-refractivity contribution in [3.8, 4) is 0 Å². The van der Waals surface area contributed by atoms with Gasteiger partial charge < -0.3 is 4.90 Å². The number of hydrogen-bond acceptors (Lipinski definition) is 2. The molecular weight excluding hydrogens is 162 g/mol. The molecule has 0 aromatic carbocycles. The summed E-state index contributed by atoms with van der Waals surface area (Å²) in [5.74, 6) is 0.706. The average molecular weight is 183 g/mol. The lowest BCUT2D eigenvalue weighted by Gasteiger charge is -2.32. The molecule has 2 heteroatoms. The van der Waals surface area contributed by atoms with Gasteiger partial charge in [-0.05, 0) is 26.4 Å². The van der Waals surface area contributed by atoms with Gasteiger partial charge in [-0.25, -0.2) is 0 Å². The standard InChI is InChI=1S/C11H21NO/c1-11(2,3)10(13)9-6-5-7-12(4)8-9/h9H,5-8H2,1-4H3/t9-/m0/s1. The molecule has 0 radical (unpaired) electrons. The second kappa shape index (κ2) is 3.79. The second-order valence-electron chi connectivity index (χ2n) is 5.22. The molecule has 1 aliphatic heterocycles. The van der Waals surface area contributed by atoms with Crippen molar-refractivity contribution < 1.29 is 4.79 Å². The molecule has 0 amide bonds. The van der Waals surface area contributed by atoms with Gasteiger partial charge in [0.05, 0.1) is 0 Å². The molecule has 0 saturated carbocycles. The van der Waals surface area contributed by atoms with E-state index in [0.29, 0.717) is 5.78 Å². The molecular formula is C11H21NO. The van der Waals surface area contributed by atoms with E-state index in [2.05, 4.69) is 11.9 Å². The van der Waals surface area contributed by atoms with Crippen LogP contribution in [0, 0.1) is 11.3 Å². The lowest BCUT2D eigenvalue weighted by Crippen LogP contribution is -2.40. The lowest BCUT2D eigenvalue weighted by atomic mass is 9.80. The van der Waals surface area contributed by atoms with Gasteiger partial charge in [0.25, 0.3) is 0 Å². The van der Waals surface area contributed by atoms with Crippen LogP contribution in [0.5, 0.6) is 0 Å². The molecule has 1 atom stereocenters. The average Bonchev–Trinajstić information content (AvgIpc) is 2.01. The minimum absolute atomic E-state index is 0.164. The van der Waals surface area contributed by atoms with E-state index in [1.54, 1.807) is 0 Å². The predicted molar refractivity (Wildman–Crippen MR) is 54.7 cm³/mol. The monoisotopic (exact) mass is 183 g/mol. The van der Waals surface area contributed by atoms with Gasteiger partial charge in [0, 0.05) is 17.9 Å². The van der Waals surface area contributed by atoms with Crippen molar-refractivity contribution in [1.82, 2.24) is 4.90 Å². The van der Waals surface area contributed by atoms with Crippen LogP contribution < -0.4 is 0 Å². The molecule has 13 heavy (non-hydrogen) atoms. The van der Waals surface area contributed by atoms with Crippen LogP contribution in [0.3, 0.4) is 0 Å². The Morgan fingerprint density at radius 1 is 1.38 bits per heavy atom. The van der Waals surface area contributed by atoms with E-state index < -0.39 is 0 Å². The SMILES string of the molecule is CN1CCC[C@H](C(=O)C(C)(C)C)C1. The smallest absolute Gasteiger partial charge is 0.142 e. The van der Waals surface area contributed by atoms with Crippen LogP contribution in [0.4, 0.5) is 0 Å². The summed E-state index contributed by atoms with van der Waals surface area (Å²) in [5, 5.41) is 0. The zero-order valence-corrected chi connectivity index (χ0v) is 9.26. The highest BCUT2D eigenvalue weighted by Crippen LogP contribution is 2.25. The van der Waals surface area contributed by atoms with Crippen LogP contribution in [0.25, 0.3) is 0 Å². The molecule has 1 aliphatic rings. The minimum atomic E-state index is -0.164. The first-order valence-corrected chi connectivity index (χ1v) is 5.14. The summed E-state index contributed by atoms with van der Waals surface area (Å²) in [7, 11) is 2.10. The van der Waals surface area contributed by atoms with Crippen LogP contribution in [-0.4, -0.2) is 30.8 Å². The highest BCUT2D eigenvalue weighted by Gasteiger charge is 2.31. The Hall–Kier alpha value is -0.370. The number of likely N-dealkylation sites (tertiary alicyclic amines) is 1. The molecule has 76 valence electrons. The van der Waals surface area contributed by atoms with Gasteiger partial charge in [-0.3, -0.25) is 4.79 Å². The molecule has 0 spiro atoms. The van der Waals surface area contributed by atoms with Crippen molar-refractivity contribution in [1.29, 1.82) is 0 Å². The van der Waals surface area contributed by atoms with Gasteiger partial charge in [-0.15, -0.1) is 0 Å². The molecule has 0 aromatic rings. The maximum absolute atomic E-state index is 11.9. The van der Waals surface area contributed by atoms with E-state index in [0.717, 1.165) is 19.5 Å². The number of ketones is 1. The van der Waals surface area contributed by atoms with Gasteiger partial charge >= 0.3 is 0 Å². The summed E-state index contributed by atoms with van der Waals surface area (Å²) in [4.78, 5) is 14.2. The van der Waals surface area contributed by atoms with Crippen molar-refractivity contribution in [2.45, 2.75) is 33.6 Å². The van der Waals surface area contributed by atoms with Crippen LogP contribution >= 0.6 is 0 Å². The zero-order valence-electron chi connectivity index (χ0n) is 9.26. The summed E-state index contributed by atoms with van der Waals surface area (Å²) < 4.78 is 0. The number of carbonyl (C=O) groups is 1. The molecule has 0 aromatic heterocycles. The molecule has 1 fully saturated rings. The van der Waals surface area contributed by atoms with Crippen molar-refractivity contribution in [2.75, 3.05) is 20.1 Å². The fourth-order valence-corrected chi connectivity index (χ4v) is 1.99. The number of carbonyl (C=O) groups excluding carboxylic acids is 1. The van der Waals surface area contributed by atoms with E-state index in [1.807, 2.05) is 20.8 Å². The van der Waals surface area contributed by atoms with Gasteiger partial charge in [0.2, 0.25) is 0 Å². The molecule has 0 aliphatic carbocycles. The van der Waals surface area contributed by atoms with Crippen LogP contribution in [-0.2, 0) is 4.79 Å². The summed E-state index contributed by atoms with van der Waals surface area (Å²) in [6.45, 7) is 8.15. The first-order valence-electron chi connectivity index (χ1n) is 5.14. The quantitative estimate of drug-likeness (QED) is 0.619. The topological polar surface area (TPSA) is 20.3 Å². The Bertz CT molecular complexity index is 193. The third-order valence-corrected chi connectivity index (χ3v) is 2.73. The number of piperidine rings is 1. The normalized spacial score (nSPS) is 26.0. The molecule has 1 heterocycles. The molecule has 0 N–H and O–H groups in total. The summed E-state index contributed by atoms with van der Waals surface area (Å²) in [6.07, 6.45) is 2.25. The van der Waals surface area contributed by atoms with Crippen molar-refractivity contribution in [3.63, 3.8) is 0 Å². The van der Waals surface area contributed by atoms with Crippen molar-refractivity contribution in [2.24, 2.45) is 11.3 Å². The summed E-state index contributed by atoms with van der Waals surface area (Å²) >= 11 is 0. The number of Topliss-reactive ketones (excluding diaryl/α,β-unsaturated/α-hetero) is 1. The fourth-order valence-electron chi connectivity index (χ4n) is 1.99. The molecule has 0 bridgehead atoms. The Morgan fingerprint density at radius 3 is 2.46 bits per heavy atom. The van der Waals surface area contributed by atoms with Gasteiger partial charge in [0.15, 0.2) is 0 Å². The maximum Gasteiger partial charge on any atom is 0.142 e. The van der Waals surface area contributed by atoms with Gasteiger partial charge in [0.1, 0.15) is 5.78 Å². The van der Waals surface area contributed by atoms with Gasteiger partial charge in [-0.2, -0.15) is 0 Å². The lowest BCUT2D eigenvalue weighted by molar-refractivity contribution is -0.132. The van der Waals surface area contributed by atoms with Crippen molar-refractivity contribution in [3.05, 3.63) is 0 Å². The largest absolute Gasteiger partial charge is 0.306 e. The Balaban J connectivity index is 2.56. The molecule has 1 saturated heterocycles. The van der Waals surface area contributed by atoms with Gasteiger partial charge in [-0.1, -0.05) is 20.8 Å². The van der Waals surface area contributed by atoms with Crippen molar-refractivity contribution >= 4 is 5.78 Å². The number of rotatable bonds is 1. The van der Waals surface area contributed by atoms with Crippen LogP contribution in [0.1, 0.15) is 33.6 Å². The third-order valence-electron chi connectivity index (χ3n) is 2.73. The predicted octanol–water partition coefficient (Wildman–Crippen LogP) is 1.94. The van der Waals surface area contributed by atoms with E-state index in [-0.39, 0.29) is 11.3 Å². The van der Waals surface area contributed by atoms with Crippen LogP contribution in [0.15, 0.2) is 0 Å². The van der Waals surface area contributed by atoms with E-state index in [9.17, 15) is 4.79 Å². The summed E-state index contributed by atoms with van der Waals surface area (Å²) in [6, 6.07) is 0. The summed E-state index contributed by atoms with van der Waals surface area (Å²) in [5.41, 5.74) is -0.164. The Kier molecular flexibility index (Phi) is 3.12. The van der Waals surface area contributed by atoms with E-state index >= 15 is 0 Å². The molecule has 0 unspecified atom stereocenters. The number of hydrogen-bond donors (Lipinski definition) is 0. The van der Waals surface area contributed by atoms with E-state index in [4.69, 9.17) is 0 Å². The highest BCUT2D eigenvalue weighted by atomic mass is 16.1. The third kappa shape index (κ3) is 2.80. The number of nitrogens with zero attached hydrogens (tertiary/aromatic N) is 1. The molecule has 2 nitrogen and oxygen atoms in total. The first kappa shape index (κ1) is 10.7. The zero-order chi connectivity index (χ0) is 10.1.